The van der Waals surface area contributed by atoms with Crippen LogP contribution in [0.25, 0.3) is 0 Å². The lowest BCUT2D eigenvalue weighted by molar-refractivity contribution is 0.599. The maximum absolute atomic E-state index is 8.60. The van der Waals surface area contributed by atoms with Crippen molar-refractivity contribution in [3.05, 3.63) is 41.9 Å². The van der Waals surface area contributed by atoms with Crippen molar-refractivity contribution < 1.29 is 4.18 Å². The third kappa shape index (κ3) is 3.66. The number of pyridine rings is 1. The van der Waals surface area contributed by atoms with Gasteiger partial charge in [-0.05, 0) is 24.1 Å². The number of nitrogens with zero attached hydrogens (tertiary/aromatic N) is 4. The van der Waals surface area contributed by atoms with Gasteiger partial charge in [-0.25, -0.2) is 0 Å². The van der Waals surface area contributed by atoms with E-state index in [0.717, 1.165) is 22.6 Å². The molecule has 0 amide bonds. The van der Waals surface area contributed by atoms with E-state index in [4.69, 9.17) is 9.44 Å². The first-order valence-corrected chi connectivity index (χ1v) is 6.47. The van der Waals surface area contributed by atoms with Crippen molar-refractivity contribution in [1.82, 2.24) is 15.2 Å². The molecule has 0 N–H and O–H groups in total. The second kappa shape index (κ2) is 6.16. The quantitative estimate of drug-likeness (QED) is 0.797. The van der Waals surface area contributed by atoms with Crippen LogP contribution in [0.4, 0.5) is 0 Å². The number of aromatic nitrogens is 3. The van der Waals surface area contributed by atoms with Crippen LogP contribution in [0.15, 0.2) is 35.4 Å². The van der Waals surface area contributed by atoms with E-state index in [1.54, 1.807) is 18.3 Å². The van der Waals surface area contributed by atoms with Gasteiger partial charge in [-0.2, -0.15) is 5.26 Å². The molecule has 2 aromatic rings. The van der Waals surface area contributed by atoms with Crippen molar-refractivity contribution in [3.63, 3.8) is 0 Å². The van der Waals surface area contributed by atoms with Crippen LogP contribution < -0.4 is 4.18 Å². The summed E-state index contributed by atoms with van der Waals surface area (Å²) < 4.78 is 5.39. The van der Waals surface area contributed by atoms with Gasteiger partial charge < -0.3 is 4.18 Å². The molecule has 19 heavy (non-hydrogen) atoms. The van der Waals surface area contributed by atoms with Gasteiger partial charge >= 0.3 is 0 Å². The molecule has 0 unspecified atom stereocenters. The van der Waals surface area contributed by atoms with Crippen LogP contribution in [0.1, 0.15) is 31.2 Å². The number of rotatable bonds is 4. The van der Waals surface area contributed by atoms with Gasteiger partial charge in [-0.15, -0.1) is 10.2 Å². The molecule has 0 fully saturated rings. The van der Waals surface area contributed by atoms with E-state index in [9.17, 15) is 0 Å². The molecule has 0 bridgehead atoms. The van der Waals surface area contributed by atoms with Gasteiger partial charge in [-0.3, -0.25) is 4.98 Å². The highest BCUT2D eigenvalue weighted by Crippen LogP contribution is 2.22. The minimum atomic E-state index is 0.264. The normalized spacial score (nSPS) is 10.2. The molecule has 0 aromatic carbocycles. The fraction of sp³-hybridized carbons (Fsp3) is 0.231. The molecule has 0 aliphatic carbocycles. The fourth-order valence-corrected chi connectivity index (χ4v) is 1.79. The molecule has 0 saturated heterocycles. The summed E-state index contributed by atoms with van der Waals surface area (Å²) in [6.45, 7) is 4.19. The van der Waals surface area contributed by atoms with E-state index >= 15 is 0 Å². The lowest BCUT2D eigenvalue weighted by Gasteiger charge is -2.05. The zero-order valence-electron chi connectivity index (χ0n) is 10.6. The SMILES string of the molecule is CC(C)c1ccc(SOc2ccc(C#N)nn2)cn1. The molecule has 6 heteroatoms. The number of hydrogen-bond donors (Lipinski definition) is 0. The first-order valence-electron chi connectivity index (χ1n) is 5.73. The van der Waals surface area contributed by atoms with E-state index in [1.165, 1.54) is 0 Å². The molecule has 0 radical (unpaired) electrons. The van der Waals surface area contributed by atoms with Gasteiger partial charge in [0, 0.05) is 18.0 Å². The summed E-state index contributed by atoms with van der Waals surface area (Å²) in [6.07, 6.45) is 1.76. The monoisotopic (exact) mass is 272 g/mol. The highest BCUT2D eigenvalue weighted by Gasteiger charge is 2.03. The van der Waals surface area contributed by atoms with Gasteiger partial charge in [0.2, 0.25) is 5.88 Å². The van der Waals surface area contributed by atoms with Crippen molar-refractivity contribution in [2.45, 2.75) is 24.7 Å². The molecule has 0 saturated carbocycles. The van der Waals surface area contributed by atoms with Crippen molar-refractivity contribution in [3.8, 4) is 11.9 Å². The summed E-state index contributed by atoms with van der Waals surface area (Å²) in [7, 11) is 0. The summed E-state index contributed by atoms with van der Waals surface area (Å²) in [5.41, 5.74) is 1.31. The minimum absolute atomic E-state index is 0.264. The molecule has 2 aromatic heterocycles. The second-order valence-corrected chi connectivity index (χ2v) is 4.91. The fourth-order valence-electron chi connectivity index (χ4n) is 1.30. The Kier molecular flexibility index (Phi) is 4.31. The van der Waals surface area contributed by atoms with Crippen LogP contribution in [0.2, 0.25) is 0 Å². The van der Waals surface area contributed by atoms with Crippen LogP contribution >= 0.6 is 12.0 Å². The number of hydrogen-bond acceptors (Lipinski definition) is 6. The van der Waals surface area contributed by atoms with Crippen LogP contribution in [-0.4, -0.2) is 15.2 Å². The molecule has 2 rings (SSSR count). The molecule has 0 aliphatic heterocycles. The highest BCUT2D eigenvalue weighted by atomic mass is 32.2. The van der Waals surface area contributed by atoms with Crippen molar-refractivity contribution >= 4 is 12.0 Å². The molecule has 5 nitrogen and oxygen atoms in total. The average molecular weight is 272 g/mol. The maximum Gasteiger partial charge on any atom is 0.247 e. The third-order valence-corrected chi connectivity index (χ3v) is 3.02. The van der Waals surface area contributed by atoms with Crippen molar-refractivity contribution in [1.29, 1.82) is 5.26 Å². The second-order valence-electron chi connectivity index (χ2n) is 4.11. The molecule has 0 spiro atoms. The Morgan fingerprint density at radius 3 is 2.58 bits per heavy atom. The van der Waals surface area contributed by atoms with E-state index in [1.807, 2.05) is 18.2 Å². The largest absolute Gasteiger partial charge is 0.399 e. The standard InChI is InChI=1S/C13H12N4OS/c1-9(2)12-5-4-11(8-15-12)19-18-13-6-3-10(7-14)16-17-13/h3-6,8-9H,1-2H3. The predicted octanol–water partition coefficient (Wildman–Crippen LogP) is 2.95. The van der Waals surface area contributed by atoms with E-state index in [2.05, 4.69) is 29.0 Å². The zero-order valence-corrected chi connectivity index (χ0v) is 11.4. The predicted molar refractivity (Wildman–Crippen MR) is 71.6 cm³/mol. The molecule has 0 aliphatic rings. The Labute approximate surface area is 115 Å². The van der Waals surface area contributed by atoms with Crippen molar-refractivity contribution in [2.75, 3.05) is 0 Å². The smallest absolute Gasteiger partial charge is 0.247 e. The van der Waals surface area contributed by atoms with Crippen LogP contribution in [0.3, 0.4) is 0 Å². The van der Waals surface area contributed by atoms with Crippen LogP contribution in [0, 0.1) is 11.3 Å². The first kappa shape index (κ1) is 13.3. The number of nitriles is 1. The van der Waals surface area contributed by atoms with Crippen LogP contribution in [-0.2, 0) is 0 Å². The molecular formula is C13H12N4OS. The van der Waals surface area contributed by atoms with Gasteiger partial charge in [0.25, 0.3) is 0 Å². The Bertz CT molecular complexity index is 575. The topological polar surface area (TPSA) is 71.7 Å². The molecule has 0 atom stereocenters. The summed E-state index contributed by atoms with van der Waals surface area (Å²) >= 11 is 1.16. The van der Waals surface area contributed by atoms with E-state index < -0.39 is 0 Å². The maximum atomic E-state index is 8.60. The Hall–Kier alpha value is -2.13. The Morgan fingerprint density at radius 1 is 1.21 bits per heavy atom. The third-order valence-electron chi connectivity index (χ3n) is 2.33. The summed E-state index contributed by atoms with van der Waals surface area (Å²) in [5, 5.41) is 16.1. The van der Waals surface area contributed by atoms with Gasteiger partial charge in [0.1, 0.15) is 6.07 Å². The Balaban J connectivity index is 1.96. The molecule has 96 valence electrons. The minimum Gasteiger partial charge on any atom is -0.399 e. The van der Waals surface area contributed by atoms with Crippen molar-refractivity contribution in [2.24, 2.45) is 0 Å². The summed E-state index contributed by atoms with van der Waals surface area (Å²) in [6, 6.07) is 8.98. The lowest BCUT2D eigenvalue weighted by atomic mass is 10.1. The van der Waals surface area contributed by atoms with Gasteiger partial charge in [0.05, 0.1) is 16.9 Å². The molecular weight excluding hydrogens is 260 g/mol. The van der Waals surface area contributed by atoms with E-state index in [-0.39, 0.29) is 5.69 Å². The molecule has 2 heterocycles. The highest BCUT2D eigenvalue weighted by molar-refractivity contribution is 7.95. The Morgan fingerprint density at radius 2 is 2.05 bits per heavy atom. The first-order chi connectivity index (χ1) is 9.19. The van der Waals surface area contributed by atoms with E-state index in [0.29, 0.717) is 11.8 Å². The average Bonchev–Trinajstić information content (AvgIpc) is 2.46. The van der Waals surface area contributed by atoms with Gasteiger partial charge in [0.15, 0.2) is 5.69 Å². The lowest BCUT2D eigenvalue weighted by Crippen LogP contribution is -1.93. The van der Waals surface area contributed by atoms with Gasteiger partial charge in [-0.1, -0.05) is 13.8 Å². The van der Waals surface area contributed by atoms with Crippen LogP contribution in [0.5, 0.6) is 5.88 Å². The zero-order chi connectivity index (χ0) is 13.7. The summed E-state index contributed by atoms with van der Waals surface area (Å²) in [5.74, 6) is 0.765. The summed E-state index contributed by atoms with van der Waals surface area (Å²) in [4.78, 5) is 5.22.